The molecule has 1 heterocycles. The fourth-order valence-electron chi connectivity index (χ4n) is 2.93. The molecule has 16 heavy (non-hydrogen) atoms. The number of allylic oxidation sites excluding steroid dienone is 6. The van der Waals surface area contributed by atoms with Gasteiger partial charge >= 0.3 is 0 Å². The molecule has 0 fully saturated rings. The van der Waals surface area contributed by atoms with Crippen molar-refractivity contribution in [3.05, 3.63) is 59.9 Å². The van der Waals surface area contributed by atoms with E-state index in [4.69, 9.17) is 0 Å². The van der Waals surface area contributed by atoms with Gasteiger partial charge in [-0.05, 0) is 24.5 Å². The summed E-state index contributed by atoms with van der Waals surface area (Å²) in [5, 5.41) is 0. The number of fused-ring (bicyclic) bond motifs is 2. The highest BCUT2D eigenvalue weighted by Crippen LogP contribution is 2.39. The minimum absolute atomic E-state index is 0.540. The highest BCUT2D eigenvalue weighted by Gasteiger charge is 2.34. The Balaban J connectivity index is 2.02. The Morgan fingerprint density at radius 3 is 2.94 bits per heavy atom. The largest absolute Gasteiger partial charge is 0.367 e. The zero-order chi connectivity index (χ0) is 11.0. The van der Waals surface area contributed by atoms with E-state index < -0.39 is 0 Å². The molecule has 0 aromatic carbocycles. The van der Waals surface area contributed by atoms with Crippen LogP contribution in [0.15, 0.2) is 59.9 Å². The summed E-state index contributed by atoms with van der Waals surface area (Å²) in [6.07, 6.45) is 20.2. The van der Waals surface area contributed by atoms with Gasteiger partial charge in [-0.25, -0.2) is 0 Å². The molecule has 0 N–H and O–H groups in total. The van der Waals surface area contributed by atoms with Gasteiger partial charge in [0.2, 0.25) is 0 Å². The minimum atomic E-state index is 0.540. The first-order valence-electron chi connectivity index (χ1n) is 6.02. The van der Waals surface area contributed by atoms with Crippen molar-refractivity contribution in [3.8, 4) is 0 Å². The lowest BCUT2D eigenvalue weighted by molar-refractivity contribution is 0.363. The molecule has 0 bridgehead atoms. The quantitative estimate of drug-likeness (QED) is 0.594. The van der Waals surface area contributed by atoms with E-state index in [0.29, 0.717) is 12.0 Å². The van der Waals surface area contributed by atoms with E-state index in [1.54, 1.807) is 5.57 Å². The van der Waals surface area contributed by atoms with Crippen LogP contribution in [0.3, 0.4) is 0 Å². The van der Waals surface area contributed by atoms with Crippen molar-refractivity contribution in [2.45, 2.75) is 18.9 Å². The lowest BCUT2D eigenvalue weighted by Crippen LogP contribution is -2.28. The van der Waals surface area contributed by atoms with E-state index in [2.05, 4.69) is 60.6 Å². The summed E-state index contributed by atoms with van der Waals surface area (Å²) in [5.74, 6) is 0.598. The molecule has 2 atom stereocenters. The van der Waals surface area contributed by atoms with Crippen LogP contribution in [0.25, 0.3) is 0 Å². The molecule has 0 radical (unpaired) electrons. The predicted molar refractivity (Wildman–Crippen MR) is 67.9 cm³/mol. The van der Waals surface area contributed by atoms with Gasteiger partial charge in [0.15, 0.2) is 0 Å². The van der Waals surface area contributed by atoms with E-state index in [1.165, 1.54) is 12.1 Å². The van der Waals surface area contributed by atoms with Crippen LogP contribution in [0.1, 0.15) is 12.8 Å². The summed E-state index contributed by atoms with van der Waals surface area (Å²) >= 11 is 0. The van der Waals surface area contributed by atoms with E-state index in [1.807, 2.05) is 0 Å². The van der Waals surface area contributed by atoms with Crippen LogP contribution in [-0.4, -0.2) is 18.0 Å². The lowest BCUT2D eigenvalue weighted by Gasteiger charge is -2.25. The van der Waals surface area contributed by atoms with Crippen molar-refractivity contribution in [1.29, 1.82) is 0 Å². The second-order valence-electron chi connectivity index (χ2n) is 4.63. The molecule has 0 aromatic rings. The second kappa shape index (κ2) is 3.82. The first-order chi connectivity index (χ1) is 7.88. The molecule has 3 rings (SSSR count). The van der Waals surface area contributed by atoms with Crippen LogP contribution >= 0.6 is 0 Å². The van der Waals surface area contributed by atoms with Crippen LogP contribution in [0.2, 0.25) is 0 Å². The van der Waals surface area contributed by atoms with Crippen molar-refractivity contribution in [3.63, 3.8) is 0 Å². The Kier molecular flexibility index (Phi) is 2.32. The van der Waals surface area contributed by atoms with E-state index in [0.717, 1.165) is 6.42 Å². The third-order valence-electron chi connectivity index (χ3n) is 3.75. The Bertz CT molecular complexity index is 434. The summed E-state index contributed by atoms with van der Waals surface area (Å²) in [4.78, 5) is 2.41. The van der Waals surface area contributed by atoms with Crippen molar-refractivity contribution in [2.75, 3.05) is 7.05 Å². The van der Waals surface area contributed by atoms with Gasteiger partial charge in [-0.1, -0.05) is 42.5 Å². The molecule has 1 aliphatic heterocycles. The summed E-state index contributed by atoms with van der Waals surface area (Å²) in [5.41, 5.74) is 3.03. The fourth-order valence-corrected chi connectivity index (χ4v) is 2.93. The maximum Gasteiger partial charge on any atom is 0.0573 e. The Morgan fingerprint density at radius 2 is 2.00 bits per heavy atom. The van der Waals surface area contributed by atoms with Gasteiger partial charge in [-0.15, -0.1) is 0 Å². The second-order valence-corrected chi connectivity index (χ2v) is 4.63. The SMILES string of the molecule is CN1C2=C(CC/C=C\C=C2)C2C=CC=CC21. The molecule has 3 aliphatic rings. The fraction of sp³-hybridized carbons (Fsp3) is 0.333. The molecule has 82 valence electrons. The van der Waals surface area contributed by atoms with Crippen LogP contribution in [0.5, 0.6) is 0 Å². The first-order valence-corrected chi connectivity index (χ1v) is 6.02. The van der Waals surface area contributed by atoms with Crippen molar-refractivity contribution < 1.29 is 0 Å². The Hall–Kier alpha value is -1.50. The van der Waals surface area contributed by atoms with Crippen LogP contribution in [0, 0.1) is 5.92 Å². The topological polar surface area (TPSA) is 3.24 Å². The molecular weight excluding hydrogens is 194 g/mol. The smallest absolute Gasteiger partial charge is 0.0573 e. The normalized spacial score (nSPS) is 33.4. The summed E-state index contributed by atoms with van der Waals surface area (Å²) < 4.78 is 0. The molecule has 0 aromatic heterocycles. The van der Waals surface area contributed by atoms with Crippen LogP contribution in [0.4, 0.5) is 0 Å². The van der Waals surface area contributed by atoms with Gasteiger partial charge in [-0.3, -0.25) is 0 Å². The van der Waals surface area contributed by atoms with Gasteiger partial charge in [-0.2, -0.15) is 0 Å². The molecule has 2 unspecified atom stereocenters. The molecule has 0 saturated heterocycles. The van der Waals surface area contributed by atoms with E-state index in [9.17, 15) is 0 Å². The molecule has 1 nitrogen and oxygen atoms in total. The van der Waals surface area contributed by atoms with E-state index in [-0.39, 0.29) is 0 Å². The minimum Gasteiger partial charge on any atom is -0.367 e. The first kappa shape index (κ1) is 9.71. The average Bonchev–Trinajstić information content (AvgIpc) is 2.52. The highest BCUT2D eigenvalue weighted by atomic mass is 15.2. The third-order valence-corrected chi connectivity index (χ3v) is 3.75. The van der Waals surface area contributed by atoms with Gasteiger partial charge < -0.3 is 4.90 Å². The van der Waals surface area contributed by atoms with Gasteiger partial charge in [0, 0.05) is 18.7 Å². The number of nitrogens with zero attached hydrogens (tertiary/aromatic N) is 1. The van der Waals surface area contributed by atoms with Crippen LogP contribution < -0.4 is 0 Å². The van der Waals surface area contributed by atoms with Gasteiger partial charge in [0.1, 0.15) is 0 Å². The zero-order valence-electron chi connectivity index (χ0n) is 9.63. The maximum atomic E-state index is 2.41. The number of likely N-dealkylation sites (N-methyl/N-ethyl adjacent to an activating group) is 1. The standard InChI is InChI=1S/C15H17N/c1-16-14-10-5-3-2-4-8-12(14)13-9-6-7-11-15(13)16/h2-3,5-7,9-11,13,15H,4,8H2,1H3/b3-2-,10-5?. The number of hydrogen-bond donors (Lipinski definition) is 0. The Labute approximate surface area is 97.1 Å². The van der Waals surface area contributed by atoms with Crippen molar-refractivity contribution >= 4 is 0 Å². The Morgan fingerprint density at radius 1 is 1.12 bits per heavy atom. The van der Waals surface area contributed by atoms with Gasteiger partial charge in [0.25, 0.3) is 0 Å². The van der Waals surface area contributed by atoms with Crippen LogP contribution in [-0.2, 0) is 0 Å². The lowest BCUT2D eigenvalue weighted by atomic mass is 9.88. The molecular formula is C15H17N. The molecule has 0 amide bonds. The summed E-state index contributed by atoms with van der Waals surface area (Å²) in [7, 11) is 2.21. The predicted octanol–water partition coefficient (Wildman–Crippen LogP) is 3.20. The van der Waals surface area contributed by atoms with E-state index >= 15 is 0 Å². The molecule has 0 saturated carbocycles. The van der Waals surface area contributed by atoms with Crippen molar-refractivity contribution in [2.24, 2.45) is 5.92 Å². The maximum absolute atomic E-state index is 2.41. The summed E-state index contributed by atoms with van der Waals surface area (Å²) in [6, 6.07) is 0.540. The average molecular weight is 211 g/mol. The molecule has 2 aliphatic carbocycles. The highest BCUT2D eigenvalue weighted by molar-refractivity contribution is 5.42. The number of hydrogen-bond acceptors (Lipinski definition) is 1. The monoisotopic (exact) mass is 211 g/mol. The van der Waals surface area contributed by atoms with Gasteiger partial charge in [0.05, 0.1) is 6.04 Å². The summed E-state index contributed by atoms with van der Waals surface area (Å²) in [6.45, 7) is 0. The molecule has 0 spiro atoms. The van der Waals surface area contributed by atoms with Crippen molar-refractivity contribution in [1.82, 2.24) is 4.90 Å². The molecule has 1 heteroatoms. The third kappa shape index (κ3) is 1.39. The number of rotatable bonds is 0. The zero-order valence-corrected chi connectivity index (χ0v) is 9.63.